The normalized spacial score (nSPS) is 12.9. The number of ketones is 1. The van der Waals surface area contributed by atoms with Crippen LogP contribution in [0.2, 0.25) is 0 Å². The molecule has 2 N–H and O–H groups in total. The molecule has 29 heavy (non-hydrogen) atoms. The molecule has 6 nitrogen and oxygen atoms in total. The number of nitrogens with one attached hydrogen (secondary N) is 1. The van der Waals surface area contributed by atoms with Gasteiger partial charge in [-0.2, -0.15) is 0 Å². The van der Waals surface area contributed by atoms with Gasteiger partial charge in [-0.15, -0.1) is 0 Å². The number of unbranched alkanes of at least 4 members (excludes halogenated alkanes) is 4. The first-order valence-electron chi connectivity index (χ1n) is 10.0. The van der Waals surface area contributed by atoms with Crippen molar-refractivity contribution in [3.8, 4) is 0 Å². The summed E-state index contributed by atoms with van der Waals surface area (Å²) in [6.07, 6.45) is 7.00. The van der Waals surface area contributed by atoms with Crippen molar-refractivity contribution in [2.75, 3.05) is 7.11 Å². The lowest BCUT2D eigenvalue weighted by Gasteiger charge is -2.28. The number of benzene rings is 1. The van der Waals surface area contributed by atoms with Gasteiger partial charge in [-0.05, 0) is 37.5 Å². The highest BCUT2D eigenvalue weighted by molar-refractivity contribution is 5.96. The van der Waals surface area contributed by atoms with Crippen molar-refractivity contribution in [3.63, 3.8) is 0 Å². The number of hydroxylamine groups is 1. The second kappa shape index (κ2) is 11.4. The number of nitrogens with zero attached hydrogens (tertiary/aromatic N) is 1. The summed E-state index contributed by atoms with van der Waals surface area (Å²) in [6.45, 7) is 1.97. The molecule has 0 aliphatic carbocycles. The van der Waals surface area contributed by atoms with E-state index >= 15 is 0 Å². The van der Waals surface area contributed by atoms with Crippen molar-refractivity contribution in [1.82, 2.24) is 10.5 Å². The molecular weight excluding hydrogens is 368 g/mol. The Hall–Kier alpha value is -2.57. The first kappa shape index (κ1) is 22.7. The average molecular weight is 399 g/mol. The van der Waals surface area contributed by atoms with E-state index < -0.39 is 5.60 Å². The summed E-state index contributed by atoms with van der Waals surface area (Å²) in [4.78, 5) is 27.8. The van der Waals surface area contributed by atoms with Crippen LogP contribution >= 0.6 is 0 Å². The maximum atomic E-state index is 12.4. The number of Topliss-reactive ketones (excluding diaryl/α,β-unsaturated/α-hetero) is 1. The number of carbonyl (C=O) groups excluding carboxylic acids is 2. The van der Waals surface area contributed by atoms with E-state index in [1.165, 1.54) is 0 Å². The Morgan fingerprint density at radius 1 is 1.00 bits per heavy atom. The van der Waals surface area contributed by atoms with Gasteiger partial charge < -0.3 is 4.74 Å². The molecular formula is C23H30N2O4. The second-order valence-electron chi connectivity index (χ2n) is 7.26. The SMILES string of the molecule is COC(C)(c1ccc(C(=O)CCCCCCCC(=O)NO)cc1)c1ccccn1. The van der Waals surface area contributed by atoms with Gasteiger partial charge in [0.05, 0.1) is 5.69 Å². The van der Waals surface area contributed by atoms with E-state index in [1.54, 1.807) is 18.8 Å². The molecule has 1 unspecified atom stereocenters. The number of aromatic nitrogens is 1. The smallest absolute Gasteiger partial charge is 0.243 e. The molecule has 6 heteroatoms. The second-order valence-corrected chi connectivity index (χ2v) is 7.26. The molecule has 0 radical (unpaired) electrons. The molecule has 1 atom stereocenters. The largest absolute Gasteiger partial charge is 0.367 e. The zero-order chi connectivity index (χ0) is 21.1. The summed E-state index contributed by atoms with van der Waals surface area (Å²) in [5.74, 6) is -0.218. The van der Waals surface area contributed by atoms with Crippen LogP contribution in [0.4, 0.5) is 0 Å². The van der Waals surface area contributed by atoms with Crippen molar-refractivity contribution in [2.24, 2.45) is 0 Å². The molecule has 1 aromatic carbocycles. The van der Waals surface area contributed by atoms with Crippen LogP contribution in [0.3, 0.4) is 0 Å². The van der Waals surface area contributed by atoms with Gasteiger partial charge in [-0.3, -0.25) is 19.8 Å². The van der Waals surface area contributed by atoms with Crippen LogP contribution < -0.4 is 5.48 Å². The Labute approximate surface area is 172 Å². The summed E-state index contributed by atoms with van der Waals surface area (Å²) in [7, 11) is 1.66. The van der Waals surface area contributed by atoms with E-state index in [9.17, 15) is 9.59 Å². The van der Waals surface area contributed by atoms with Gasteiger partial charge in [0, 0.05) is 31.7 Å². The van der Waals surface area contributed by atoms with Crippen LogP contribution in [-0.4, -0.2) is 29.0 Å². The van der Waals surface area contributed by atoms with E-state index in [1.807, 2.05) is 49.4 Å². The summed E-state index contributed by atoms with van der Waals surface area (Å²) in [5.41, 5.74) is 3.43. The van der Waals surface area contributed by atoms with E-state index in [-0.39, 0.29) is 11.7 Å². The molecule has 2 rings (SSSR count). The van der Waals surface area contributed by atoms with Crippen LogP contribution in [0.15, 0.2) is 48.7 Å². The van der Waals surface area contributed by atoms with Crippen LogP contribution in [0.5, 0.6) is 0 Å². The number of rotatable bonds is 12. The van der Waals surface area contributed by atoms with Crippen molar-refractivity contribution in [2.45, 2.75) is 57.5 Å². The van der Waals surface area contributed by atoms with Gasteiger partial charge >= 0.3 is 0 Å². The number of hydrogen-bond acceptors (Lipinski definition) is 5. The number of ether oxygens (including phenoxy) is 1. The molecule has 0 saturated carbocycles. The molecule has 0 bridgehead atoms. The van der Waals surface area contributed by atoms with Gasteiger partial charge in [-0.1, -0.05) is 49.6 Å². The molecule has 0 aliphatic rings. The Balaban J connectivity index is 1.83. The molecule has 156 valence electrons. The lowest BCUT2D eigenvalue weighted by Crippen LogP contribution is -2.27. The molecule has 0 fully saturated rings. The maximum Gasteiger partial charge on any atom is 0.243 e. The van der Waals surface area contributed by atoms with Crippen molar-refractivity contribution in [1.29, 1.82) is 0 Å². The minimum Gasteiger partial charge on any atom is -0.367 e. The van der Waals surface area contributed by atoms with Crippen LogP contribution in [0.1, 0.15) is 73.5 Å². The summed E-state index contributed by atoms with van der Waals surface area (Å²) < 4.78 is 5.76. The third-order valence-corrected chi connectivity index (χ3v) is 5.25. The zero-order valence-electron chi connectivity index (χ0n) is 17.2. The van der Waals surface area contributed by atoms with E-state index in [2.05, 4.69) is 4.98 Å². The Bertz CT molecular complexity index is 777. The highest BCUT2D eigenvalue weighted by Crippen LogP contribution is 2.31. The van der Waals surface area contributed by atoms with Gasteiger partial charge in [0.2, 0.25) is 5.91 Å². The third-order valence-electron chi connectivity index (χ3n) is 5.25. The van der Waals surface area contributed by atoms with E-state index in [4.69, 9.17) is 9.94 Å². The predicted molar refractivity (Wildman–Crippen MR) is 111 cm³/mol. The molecule has 0 spiro atoms. The molecule has 1 amide bonds. The van der Waals surface area contributed by atoms with Gasteiger partial charge in [-0.25, -0.2) is 5.48 Å². The van der Waals surface area contributed by atoms with Crippen molar-refractivity contribution < 1.29 is 19.5 Å². The lowest BCUT2D eigenvalue weighted by molar-refractivity contribution is -0.129. The summed E-state index contributed by atoms with van der Waals surface area (Å²) >= 11 is 0. The molecule has 1 heterocycles. The van der Waals surface area contributed by atoms with Crippen LogP contribution in [0.25, 0.3) is 0 Å². The predicted octanol–water partition coefficient (Wildman–Crippen LogP) is 4.41. The first-order valence-corrected chi connectivity index (χ1v) is 10.0. The number of methoxy groups -OCH3 is 1. The maximum absolute atomic E-state index is 12.4. The van der Waals surface area contributed by atoms with Crippen LogP contribution in [0, 0.1) is 0 Å². The minimum absolute atomic E-state index is 0.133. The number of amides is 1. The van der Waals surface area contributed by atoms with Crippen LogP contribution in [-0.2, 0) is 15.1 Å². The monoisotopic (exact) mass is 398 g/mol. The fourth-order valence-corrected chi connectivity index (χ4v) is 3.29. The molecule has 2 aromatic rings. The van der Waals surface area contributed by atoms with Crippen molar-refractivity contribution >= 4 is 11.7 Å². The molecule has 0 aliphatic heterocycles. The first-order chi connectivity index (χ1) is 14.0. The summed E-state index contributed by atoms with van der Waals surface area (Å²) in [6, 6.07) is 13.3. The topological polar surface area (TPSA) is 88.5 Å². The fraction of sp³-hybridized carbons (Fsp3) is 0.435. The van der Waals surface area contributed by atoms with Gasteiger partial charge in [0.25, 0.3) is 0 Å². The zero-order valence-corrected chi connectivity index (χ0v) is 17.2. The van der Waals surface area contributed by atoms with E-state index in [0.29, 0.717) is 18.4 Å². The van der Waals surface area contributed by atoms with E-state index in [0.717, 1.165) is 43.4 Å². The minimum atomic E-state index is -0.671. The quantitative estimate of drug-likeness (QED) is 0.239. The highest BCUT2D eigenvalue weighted by atomic mass is 16.5. The number of carbonyl (C=O) groups is 2. The number of hydrogen-bond donors (Lipinski definition) is 2. The molecule has 0 saturated heterocycles. The highest BCUT2D eigenvalue weighted by Gasteiger charge is 2.30. The fourth-order valence-electron chi connectivity index (χ4n) is 3.29. The average Bonchev–Trinajstić information content (AvgIpc) is 2.78. The van der Waals surface area contributed by atoms with Gasteiger partial charge in [0.1, 0.15) is 5.60 Å². The lowest BCUT2D eigenvalue weighted by atomic mass is 9.90. The third kappa shape index (κ3) is 6.48. The Morgan fingerprint density at radius 2 is 1.66 bits per heavy atom. The summed E-state index contributed by atoms with van der Waals surface area (Å²) in [5, 5.41) is 8.43. The van der Waals surface area contributed by atoms with Crippen molar-refractivity contribution in [3.05, 3.63) is 65.5 Å². The standard InChI is InChI=1S/C23H30N2O4/c1-23(29-2,21-11-8-9-17-24-21)19-15-13-18(14-16-19)20(26)10-6-4-3-5-7-12-22(27)25-28/h8-9,11,13-17,28H,3-7,10,12H2,1-2H3,(H,25,27). The Morgan fingerprint density at radius 3 is 2.24 bits per heavy atom. The Kier molecular flexibility index (Phi) is 8.96. The van der Waals surface area contributed by atoms with Gasteiger partial charge in [0.15, 0.2) is 5.78 Å². The molecule has 1 aromatic heterocycles. The number of pyridine rings is 1.